The maximum absolute atomic E-state index is 12.5. The van der Waals surface area contributed by atoms with Gasteiger partial charge in [-0.25, -0.2) is 0 Å². The Kier molecular flexibility index (Phi) is 3.92. The summed E-state index contributed by atoms with van der Waals surface area (Å²) in [6.07, 6.45) is 1.19. The van der Waals surface area contributed by atoms with E-state index in [1.54, 1.807) is 17.9 Å². The van der Waals surface area contributed by atoms with Gasteiger partial charge in [0.15, 0.2) is 5.60 Å². The number of aliphatic hydroxyl groups excluding tert-OH is 1. The highest BCUT2D eigenvalue weighted by Crippen LogP contribution is 2.42. The lowest BCUT2D eigenvalue weighted by atomic mass is 9.90. The second kappa shape index (κ2) is 5.31. The number of aliphatic hydroxyl groups is 2. The van der Waals surface area contributed by atoms with Crippen molar-refractivity contribution in [1.82, 2.24) is 0 Å². The van der Waals surface area contributed by atoms with Crippen LogP contribution in [0, 0.1) is 0 Å². The van der Waals surface area contributed by atoms with Gasteiger partial charge in [0, 0.05) is 18.5 Å². The molecule has 1 aromatic carbocycles. The molecule has 0 aromatic heterocycles. The summed E-state index contributed by atoms with van der Waals surface area (Å²) in [7, 11) is 0. The molecule has 0 bridgehead atoms. The number of benzene rings is 1. The van der Waals surface area contributed by atoms with Crippen LogP contribution in [0.15, 0.2) is 24.3 Å². The summed E-state index contributed by atoms with van der Waals surface area (Å²) in [5.74, 6) is -0.317. The summed E-state index contributed by atoms with van der Waals surface area (Å²) in [6, 6.07) is 7.28. The minimum atomic E-state index is -1.58. The predicted molar refractivity (Wildman–Crippen MR) is 73.9 cm³/mol. The van der Waals surface area contributed by atoms with E-state index in [9.17, 15) is 15.0 Å². The van der Waals surface area contributed by atoms with Crippen molar-refractivity contribution in [2.75, 3.05) is 11.4 Å². The van der Waals surface area contributed by atoms with E-state index in [-0.39, 0.29) is 12.3 Å². The van der Waals surface area contributed by atoms with Crippen molar-refractivity contribution in [3.63, 3.8) is 0 Å². The summed E-state index contributed by atoms with van der Waals surface area (Å²) < 4.78 is 0. The molecule has 1 aliphatic rings. The second-order valence-corrected chi connectivity index (χ2v) is 5.24. The van der Waals surface area contributed by atoms with Crippen molar-refractivity contribution in [3.8, 4) is 0 Å². The van der Waals surface area contributed by atoms with Gasteiger partial charge in [0.1, 0.15) is 0 Å². The van der Waals surface area contributed by atoms with Crippen LogP contribution in [0.2, 0.25) is 0 Å². The normalized spacial score (nSPS) is 23.6. The lowest BCUT2D eigenvalue weighted by Gasteiger charge is -2.24. The van der Waals surface area contributed by atoms with Crippen molar-refractivity contribution in [3.05, 3.63) is 29.8 Å². The molecule has 1 heterocycles. The fourth-order valence-corrected chi connectivity index (χ4v) is 2.67. The van der Waals surface area contributed by atoms with Crippen molar-refractivity contribution in [1.29, 1.82) is 0 Å². The first-order valence-corrected chi connectivity index (χ1v) is 6.82. The zero-order valence-electron chi connectivity index (χ0n) is 11.5. The summed E-state index contributed by atoms with van der Waals surface area (Å²) in [6.45, 7) is 4.26. The van der Waals surface area contributed by atoms with E-state index in [4.69, 9.17) is 0 Å². The van der Waals surface area contributed by atoms with E-state index in [0.29, 0.717) is 12.1 Å². The minimum Gasteiger partial charge on any atom is -0.393 e. The first-order valence-electron chi connectivity index (χ1n) is 6.82. The van der Waals surface area contributed by atoms with Gasteiger partial charge >= 0.3 is 0 Å². The molecule has 2 unspecified atom stereocenters. The van der Waals surface area contributed by atoms with Crippen LogP contribution in [-0.2, 0) is 10.4 Å². The number of nitrogens with zero attached hydrogens (tertiary/aromatic N) is 1. The molecule has 4 heteroatoms. The zero-order valence-corrected chi connectivity index (χ0v) is 11.5. The van der Waals surface area contributed by atoms with E-state index in [1.165, 1.54) is 0 Å². The summed E-state index contributed by atoms with van der Waals surface area (Å²) in [4.78, 5) is 14.1. The molecule has 0 aliphatic carbocycles. The number of carbonyl (C=O) groups excluding carboxylic acids is 1. The van der Waals surface area contributed by atoms with Gasteiger partial charge in [-0.1, -0.05) is 31.5 Å². The van der Waals surface area contributed by atoms with E-state index in [1.807, 2.05) is 18.2 Å². The minimum absolute atomic E-state index is 0.0332. The van der Waals surface area contributed by atoms with Crippen LogP contribution < -0.4 is 4.90 Å². The lowest BCUT2D eigenvalue weighted by molar-refractivity contribution is -0.139. The molecular formula is C15H21NO3. The van der Waals surface area contributed by atoms with Crippen LogP contribution in [0.4, 0.5) is 5.69 Å². The predicted octanol–water partition coefficient (Wildman–Crippen LogP) is 1.79. The fraction of sp³-hybridized carbons (Fsp3) is 0.533. The topological polar surface area (TPSA) is 60.8 Å². The Morgan fingerprint density at radius 2 is 2.05 bits per heavy atom. The molecule has 19 heavy (non-hydrogen) atoms. The highest BCUT2D eigenvalue weighted by molar-refractivity contribution is 6.06. The Morgan fingerprint density at radius 1 is 1.37 bits per heavy atom. The molecule has 0 radical (unpaired) electrons. The molecule has 2 rings (SSSR count). The fourth-order valence-electron chi connectivity index (χ4n) is 2.67. The second-order valence-electron chi connectivity index (χ2n) is 5.24. The van der Waals surface area contributed by atoms with Gasteiger partial charge in [0.25, 0.3) is 5.91 Å². The number of amides is 1. The van der Waals surface area contributed by atoms with Crippen LogP contribution >= 0.6 is 0 Å². The SMILES string of the molecule is CCCCN1C(=O)C(O)(CC(C)O)c2ccccc21. The number of rotatable bonds is 5. The number of hydrogen-bond donors (Lipinski definition) is 2. The Bertz CT molecular complexity index is 472. The molecular weight excluding hydrogens is 242 g/mol. The van der Waals surface area contributed by atoms with Crippen molar-refractivity contribution in [2.45, 2.75) is 44.8 Å². The number of anilines is 1. The molecule has 1 aromatic rings. The number of carbonyl (C=O) groups is 1. The molecule has 2 atom stereocenters. The molecule has 1 aliphatic heterocycles. The van der Waals surface area contributed by atoms with Crippen molar-refractivity contribution in [2.24, 2.45) is 0 Å². The number of unbranched alkanes of at least 4 members (excludes halogenated alkanes) is 1. The van der Waals surface area contributed by atoms with Crippen molar-refractivity contribution >= 4 is 11.6 Å². The van der Waals surface area contributed by atoms with Gasteiger partial charge < -0.3 is 15.1 Å². The Hall–Kier alpha value is -1.39. The Morgan fingerprint density at radius 3 is 2.68 bits per heavy atom. The monoisotopic (exact) mass is 263 g/mol. The molecule has 0 saturated heterocycles. The molecule has 1 amide bonds. The van der Waals surface area contributed by atoms with E-state index >= 15 is 0 Å². The highest BCUT2D eigenvalue weighted by Gasteiger charge is 2.49. The molecule has 0 spiro atoms. The summed E-state index contributed by atoms with van der Waals surface area (Å²) in [5, 5.41) is 20.3. The molecule has 4 nitrogen and oxygen atoms in total. The lowest BCUT2D eigenvalue weighted by Crippen LogP contribution is -2.42. The largest absolute Gasteiger partial charge is 0.393 e. The van der Waals surface area contributed by atoms with E-state index < -0.39 is 11.7 Å². The van der Waals surface area contributed by atoms with Crippen LogP contribution in [0.25, 0.3) is 0 Å². The van der Waals surface area contributed by atoms with Gasteiger partial charge in [0.2, 0.25) is 0 Å². The molecule has 104 valence electrons. The summed E-state index contributed by atoms with van der Waals surface area (Å²) >= 11 is 0. The average Bonchev–Trinajstić information content (AvgIpc) is 2.57. The molecule has 0 saturated carbocycles. The Balaban J connectivity index is 2.40. The van der Waals surface area contributed by atoms with Gasteiger partial charge in [-0.3, -0.25) is 4.79 Å². The van der Waals surface area contributed by atoms with Crippen LogP contribution in [0.1, 0.15) is 38.7 Å². The van der Waals surface area contributed by atoms with Gasteiger partial charge in [0.05, 0.1) is 11.8 Å². The zero-order chi connectivity index (χ0) is 14.0. The third kappa shape index (κ3) is 2.38. The highest BCUT2D eigenvalue weighted by atomic mass is 16.3. The van der Waals surface area contributed by atoms with Gasteiger partial charge in [-0.15, -0.1) is 0 Å². The smallest absolute Gasteiger partial charge is 0.263 e. The maximum Gasteiger partial charge on any atom is 0.263 e. The number of para-hydroxylation sites is 1. The van der Waals surface area contributed by atoms with Crippen LogP contribution in [-0.4, -0.2) is 28.8 Å². The van der Waals surface area contributed by atoms with Gasteiger partial charge in [-0.05, 0) is 19.4 Å². The summed E-state index contributed by atoms with van der Waals surface area (Å²) in [5.41, 5.74) is -0.209. The van der Waals surface area contributed by atoms with Crippen molar-refractivity contribution < 1.29 is 15.0 Å². The standard InChI is InChI=1S/C15H21NO3/c1-3-4-9-16-13-8-6-5-7-12(13)15(19,14(16)18)10-11(2)17/h5-8,11,17,19H,3-4,9-10H2,1-2H3. The maximum atomic E-state index is 12.5. The number of hydrogen-bond acceptors (Lipinski definition) is 3. The molecule has 2 N–H and O–H groups in total. The van der Waals surface area contributed by atoms with Gasteiger partial charge in [-0.2, -0.15) is 0 Å². The molecule has 0 fully saturated rings. The van der Waals surface area contributed by atoms with Crippen LogP contribution in [0.3, 0.4) is 0 Å². The third-order valence-electron chi connectivity index (χ3n) is 3.57. The number of fused-ring (bicyclic) bond motifs is 1. The third-order valence-corrected chi connectivity index (χ3v) is 3.57. The van der Waals surface area contributed by atoms with E-state index in [0.717, 1.165) is 18.5 Å². The van der Waals surface area contributed by atoms with Crippen LogP contribution in [0.5, 0.6) is 0 Å². The Labute approximate surface area is 113 Å². The van der Waals surface area contributed by atoms with E-state index in [2.05, 4.69) is 6.92 Å². The first kappa shape index (κ1) is 14.0. The average molecular weight is 263 g/mol. The quantitative estimate of drug-likeness (QED) is 0.851. The first-order chi connectivity index (χ1) is 9.00.